The molecular weight excluding hydrogens is 284 g/mol. The monoisotopic (exact) mass is 300 g/mol. The lowest BCUT2D eigenvalue weighted by Gasteiger charge is -2.18. The molecule has 1 aliphatic rings. The number of carbonyl (C=O) groups is 1. The van der Waals surface area contributed by atoms with Crippen molar-refractivity contribution in [3.8, 4) is 0 Å². The van der Waals surface area contributed by atoms with E-state index in [1.807, 2.05) is 24.3 Å². The zero-order valence-corrected chi connectivity index (χ0v) is 12.4. The third-order valence-electron chi connectivity index (χ3n) is 3.61. The van der Waals surface area contributed by atoms with Crippen molar-refractivity contribution in [2.45, 2.75) is 19.3 Å². The molecule has 0 aromatic heterocycles. The summed E-state index contributed by atoms with van der Waals surface area (Å²) in [6.07, 6.45) is 2.61. The molecule has 0 radical (unpaired) electrons. The highest BCUT2D eigenvalue weighted by Gasteiger charge is 2.10. The maximum atomic E-state index is 12.1. The number of carbonyl (C=O) groups excluding carboxylic acids is 1. The number of fused-ring (bicyclic) bond motifs is 1. The van der Waals surface area contributed by atoms with E-state index in [4.69, 9.17) is 11.6 Å². The standard InChI is InChI=1S/C17H17ClN2O/c18-14-6-3-12(4-7-14)10-17(21)20-15-8-5-13-2-1-9-19-16(13)11-15/h3-8,11,19H,1-2,9-10H2,(H,20,21). The number of hydrogen-bond acceptors (Lipinski definition) is 2. The highest BCUT2D eigenvalue weighted by atomic mass is 35.5. The Balaban J connectivity index is 1.65. The average Bonchev–Trinajstić information content (AvgIpc) is 2.49. The van der Waals surface area contributed by atoms with Crippen molar-refractivity contribution < 1.29 is 4.79 Å². The predicted octanol–water partition coefficient (Wildman–Crippen LogP) is 3.88. The van der Waals surface area contributed by atoms with E-state index in [9.17, 15) is 4.79 Å². The molecule has 0 atom stereocenters. The molecule has 0 unspecified atom stereocenters. The lowest BCUT2D eigenvalue weighted by molar-refractivity contribution is -0.115. The van der Waals surface area contributed by atoms with Crippen molar-refractivity contribution in [2.75, 3.05) is 17.2 Å². The number of halogens is 1. The number of anilines is 2. The number of nitrogens with one attached hydrogen (secondary N) is 2. The molecule has 21 heavy (non-hydrogen) atoms. The van der Waals surface area contributed by atoms with Crippen LogP contribution in [0.25, 0.3) is 0 Å². The first kappa shape index (κ1) is 14.0. The summed E-state index contributed by atoms with van der Waals surface area (Å²) in [5, 5.41) is 6.99. The normalized spacial score (nSPS) is 13.2. The second-order valence-electron chi connectivity index (χ2n) is 5.25. The van der Waals surface area contributed by atoms with E-state index >= 15 is 0 Å². The Kier molecular flexibility index (Phi) is 4.11. The minimum Gasteiger partial charge on any atom is -0.385 e. The first-order valence-corrected chi connectivity index (χ1v) is 7.49. The van der Waals surface area contributed by atoms with E-state index in [0.29, 0.717) is 11.4 Å². The Hall–Kier alpha value is -2.00. The van der Waals surface area contributed by atoms with Gasteiger partial charge in [0.05, 0.1) is 6.42 Å². The fourth-order valence-electron chi connectivity index (χ4n) is 2.53. The van der Waals surface area contributed by atoms with Crippen LogP contribution in [-0.2, 0) is 17.6 Å². The summed E-state index contributed by atoms with van der Waals surface area (Å²) in [7, 11) is 0. The van der Waals surface area contributed by atoms with Gasteiger partial charge in [-0.25, -0.2) is 0 Å². The zero-order valence-electron chi connectivity index (χ0n) is 11.7. The van der Waals surface area contributed by atoms with Crippen LogP contribution in [0, 0.1) is 0 Å². The van der Waals surface area contributed by atoms with Gasteiger partial charge in [-0.05, 0) is 48.2 Å². The molecule has 4 heteroatoms. The van der Waals surface area contributed by atoms with Crippen molar-refractivity contribution >= 4 is 28.9 Å². The summed E-state index contributed by atoms with van der Waals surface area (Å²) < 4.78 is 0. The third kappa shape index (κ3) is 3.56. The predicted molar refractivity (Wildman–Crippen MR) is 87.0 cm³/mol. The summed E-state index contributed by atoms with van der Waals surface area (Å²) >= 11 is 5.84. The number of amides is 1. The van der Waals surface area contributed by atoms with Gasteiger partial charge in [0.2, 0.25) is 5.91 Å². The van der Waals surface area contributed by atoms with Crippen LogP contribution in [-0.4, -0.2) is 12.5 Å². The van der Waals surface area contributed by atoms with E-state index in [-0.39, 0.29) is 5.91 Å². The SMILES string of the molecule is O=C(Cc1ccc(Cl)cc1)Nc1ccc2c(c1)NCCC2. The molecule has 3 nitrogen and oxygen atoms in total. The molecule has 2 aromatic carbocycles. The van der Waals surface area contributed by atoms with Gasteiger partial charge in [0, 0.05) is 22.9 Å². The smallest absolute Gasteiger partial charge is 0.228 e. The molecule has 1 heterocycles. The summed E-state index contributed by atoms with van der Waals surface area (Å²) in [6.45, 7) is 0.995. The maximum absolute atomic E-state index is 12.1. The third-order valence-corrected chi connectivity index (χ3v) is 3.86. The van der Waals surface area contributed by atoms with Gasteiger partial charge in [0.15, 0.2) is 0 Å². The zero-order chi connectivity index (χ0) is 14.7. The largest absolute Gasteiger partial charge is 0.385 e. The summed E-state index contributed by atoms with van der Waals surface area (Å²) in [6, 6.07) is 13.4. The van der Waals surface area contributed by atoms with E-state index in [0.717, 1.165) is 36.3 Å². The average molecular weight is 301 g/mol. The quantitative estimate of drug-likeness (QED) is 0.903. The Morgan fingerprint density at radius 1 is 1.19 bits per heavy atom. The topological polar surface area (TPSA) is 41.1 Å². The van der Waals surface area contributed by atoms with Crippen LogP contribution in [0.2, 0.25) is 5.02 Å². The summed E-state index contributed by atoms with van der Waals surface area (Å²) in [4.78, 5) is 12.1. The molecule has 0 fully saturated rings. The minimum absolute atomic E-state index is 0.0203. The van der Waals surface area contributed by atoms with Crippen LogP contribution in [0.3, 0.4) is 0 Å². The van der Waals surface area contributed by atoms with Gasteiger partial charge in [-0.1, -0.05) is 29.8 Å². The molecular formula is C17H17ClN2O. The Labute approximate surface area is 129 Å². The first-order valence-electron chi connectivity index (χ1n) is 7.12. The molecule has 0 aliphatic carbocycles. The van der Waals surface area contributed by atoms with Crippen molar-refractivity contribution in [3.05, 3.63) is 58.6 Å². The number of hydrogen-bond donors (Lipinski definition) is 2. The van der Waals surface area contributed by atoms with Crippen LogP contribution in [0.4, 0.5) is 11.4 Å². The first-order chi connectivity index (χ1) is 10.2. The molecule has 0 saturated heterocycles. The van der Waals surface area contributed by atoms with Crippen LogP contribution >= 0.6 is 11.6 Å². The van der Waals surface area contributed by atoms with Crippen LogP contribution in [0.15, 0.2) is 42.5 Å². The molecule has 1 aliphatic heterocycles. The highest BCUT2D eigenvalue weighted by molar-refractivity contribution is 6.30. The Morgan fingerprint density at radius 3 is 2.81 bits per heavy atom. The molecule has 1 amide bonds. The number of rotatable bonds is 3. The van der Waals surface area contributed by atoms with Crippen molar-refractivity contribution in [2.24, 2.45) is 0 Å². The second kappa shape index (κ2) is 6.19. The number of aryl methyl sites for hydroxylation is 1. The van der Waals surface area contributed by atoms with Gasteiger partial charge in [0.25, 0.3) is 0 Å². The van der Waals surface area contributed by atoms with E-state index in [2.05, 4.69) is 16.7 Å². The molecule has 0 saturated carbocycles. The van der Waals surface area contributed by atoms with Crippen molar-refractivity contribution in [3.63, 3.8) is 0 Å². The van der Waals surface area contributed by atoms with Gasteiger partial charge < -0.3 is 10.6 Å². The lowest BCUT2D eigenvalue weighted by Crippen LogP contribution is -2.16. The van der Waals surface area contributed by atoms with Gasteiger partial charge in [-0.2, -0.15) is 0 Å². The Morgan fingerprint density at radius 2 is 2.00 bits per heavy atom. The summed E-state index contributed by atoms with van der Waals surface area (Å²) in [5.74, 6) is -0.0203. The van der Waals surface area contributed by atoms with Gasteiger partial charge in [-0.15, -0.1) is 0 Å². The van der Waals surface area contributed by atoms with E-state index in [1.165, 1.54) is 5.56 Å². The second-order valence-corrected chi connectivity index (χ2v) is 5.69. The van der Waals surface area contributed by atoms with E-state index in [1.54, 1.807) is 12.1 Å². The van der Waals surface area contributed by atoms with Crippen LogP contribution < -0.4 is 10.6 Å². The van der Waals surface area contributed by atoms with Crippen LogP contribution in [0.1, 0.15) is 17.5 Å². The number of benzene rings is 2. The molecule has 108 valence electrons. The van der Waals surface area contributed by atoms with Gasteiger partial charge >= 0.3 is 0 Å². The molecule has 0 bridgehead atoms. The highest BCUT2D eigenvalue weighted by Crippen LogP contribution is 2.25. The van der Waals surface area contributed by atoms with Gasteiger partial charge in [-0.3, -0.25) is 4.79 Å². The molecule has 2 aromatic rings. The van der Waals surface area contributed by atoms with Crippen molar-refractivity contribution in [1.82, 2.24) is 0 Å². The lowest BCUT2D eigenvalue weighted by atomic mass is 10.0. The molecule has 0 spiro atoms. The van der Waals surface area contributed by atoms with Gasteiger partial charge in [0.1, 0.15) is 0 Å². The molecule has 3 rings (SSSR count). The maximum Gasteiger partial charge on any atom is 0.228 e. The fourth-order valence-corrected chi connectivity index (χ4v) is 2.66. The van der Waals surface area contributed by atoms with Crippen molar-refractivity contribution in [1.29, 1.82) is 0 Å². The Bertz CT molecular complexity index is 652. The molecule has 2 N–H and O–H groups in total. The van der Waals surface area contributed by atoms with Crippen LogP contribution in [0.5, 0.6) is 0 Å². The van der Waals surface area contributed by atoms with E-state index < -0.39 is 0 Å². The minimum atomic E-state index is -0.0203. The fraction of sp³-hybridized carbons (Fsp3) is 0.235. The summed E-state index contributed by atoms with van der Waals surface area (Å²) in [5.41, 5.74) is 4.23.